The zero-order valence-electron chi connectivity index (χ0n) is 13.4. The summed E-state index contributed by atoms with van der Waals surface area (Å²) in [5, 5.41) is 9.29. The first-order valence-electron chi connectivity index (χ1n) is 7.76. The first kappa shape index (κ1) is 16.4. The molecule has 24 heavy (non-hydrogen) atoms. The maximum Gasteiger partial charge on any atom is 0.336 e. The van der Waals surface area contributed by atoms with Gasteiger partial charge in [0.1, 0.15) is 11.9 Å². The fourth-order valence-electron chi connectivity index (χ4n) is 2.90. The van der Waals surface area contributed by atoms with E-state index in [0.717, 1.165) is 5.56 Å². The van der Waals surface area contributed by atoms with Gasteiger partial charge in [0.2, 0.25) is 0 Å². The van der Waals surface area contributed by atoms with Crippen LogP contribution in [0, 0.1) is 6.92 Å². The van der Waals surface area contributed by atoms with E-state index >= 15 is 0 Å². The highest BCUT2D eigenvalue weighted by Gasteiger charge is 2.24. The normalized spacial score (nSPS) is 18.5. The van der Waals surface area contributed by atoms with Crippen molar-refractivity contribution in [3.05, 3.63) is 63.3 Å². The molecule has 3 rings (SSSR count). The Morgan fingerprint density at radius 3 is 3.00 bits per heavy atom. The SMILES string of the molecule is Cc1nc([C@@H]2CN(Cc3ccccc3C(=O)O)CCO2)cc(=O)[nH]1. The minimum absolute atomic E-state index is 0.200. The molecule has 1 fully saturated rings. The molecule has 1 aromatic carbocycles. The Kier molecular flexibility index (Phi) is 4.73. The average Bonchev–Trinajstić information content (AvgIpc) is 2.54. The molecule has 2 N–H and O–H groups in total. The number of aryl methyl sites for hydroxylation is 1. The zero-order valence-corrected chi connectivity index (χ0v) is 13.4. The minimum Gasteiger partial charge on any atom is -0.478 e. The van der Waals surface area contributed by atoms with Gasteiger partial charge in [0, 0.05) is 25.7 Å². The molecule has 0 amide bonds. The van der Waals surface area contributed by atoms with E-state index in [1.54, 1.807) is 19.1 Å². The Morgan fingerprint density at radius 1 is 1.46 bits per heavy atom. The van der Waals surface area contributed by atoms with Crippen LogP contribution in [0.3, 0.4) is 0 Å². The van der Waals surface area contributed by atoms with Crippen molar-refractivity contribution in [2.45, 2.75) is 19.6 Å². The fraction of sp³-hybridized carbons (Fsp3) is 0.353. The van der Waals surface area contributed by atoms with Crippen LogP contribution in [-0.4, -0.2) is 45.6 Å². The molecule has 7 heteroatoms. The molecule has 1 aliphatic heterocycles. The second-order valence-corrected chi connectivity index (χ2v) is 5.81. The van der Waals surface area contributed by atoms with Crippen molar-refractivity contribution in [2.75, 3.05) is 19.7 Å². The summed E-state index contributed by atoms with van der Waals surface area (Å²) < 4.78 is 5.75. The predicted molar refractivity (Wildman–Crippen MR) is 87.0 cm³/mol. The van der Waals surface area contributed by atoms with Crippen LogP contribution < -0.4 is 5.56 Å². The first-order chi connectivity index (χ1) is 11.5. The maximum atomic E-state index is 11.6. The third kappa shape index (κ3) is 3.69. The van der Waals surface area contributed by atoms with Crippen molar-refractivity contribution in [2.24, 2.45) is 0 Å². The highest BCUT2D eigenvalue weighted by atomic mass is 16.5. The van der Waals surface area contributed by atoms with Gasteiger partial charge in [-0.15, -0.1) is 0 Å². The van der Waals surface area contributed by atoms with Gasteiger partial charge in [0.25, 0.3) is 5.56 Å². The van der Waals surface area contributed by atoms with E-state index in [1.165, 1.54) is 6.07 Å². The quantitative estimate of drug-likeness (QED) is 0.879. The lowest BCUT2D eigenvalue weighted by Gasteiger charge is -2.32. The Bertz CT molecular complexity index is 802. The molecule has 1 aromatic heterocycles. The van der Waals surface area contributed by atoms with Crippen molar-refractivity contribution in [3.8, 4) is 0 Å². The molecule has 126 valence electrons. The van der Waals surface area contributed by atoms with Crippen LogP contribution in [0.15, 0.2) is 35.1 Å². The van der Waals surface area contributed by atoms with Gasteiger partial charge < -0.3 is 14.8 Å². The van der Waals surface area contributed by atoms with E-state index < -0.39 is 5.97 Å². The molecular weight excluding hydrogens is 310 g/mol. The number of aromatic carboxylic acids is 1. The molecule has 0 radical (unpaired) electrons. The Hall–Kier alpha value is -2.51. The lowest BCUT2D eigenvalue weighted by molar-refractivity contribution is -0.0352. The predicted octanol–water partition coefficient (Wildman–Crippen LogP) is 1.35. The number of hydrogen-bond donors (Lipinski definition) is 2. The number of aromatic nitrogens is 2. The summed E-state index contributed by atoms with van der Waals surface area (Å²) in [5.74, 6) is -0.378. The van der Waals surface area contributed by atoms with Gasteiger partial charge in [-0.1, -0.05) is 18.2 Å². The zero-order chi connectivity index (χ0) is 17.1. The highest BCUT2D eigenvalue weighted by Crippen LogP contribution is 2.22. The number of carboxylic acid groups (broad SMARTS) is 1. The van der Waals surface area contributed by atoms with Gasteiger partial charge in [-0.3, -0.25) is 9.69 Å². The number of rotatable bonds is 4. The van der Waals surface area contributed by atoms with Gasteiger partial charge in [0.05, 0.1) is 17.9 Å². The molecule has 0 bridgehead atoms. The first-order valence-corrected chi connectivity index (χ1v) is 7.76. The Labute approximate surface area is 138 Å². The van der Waals surface area contributed by atoms with E-state index in [-0.39, 0.29) is 11.7 Å². The van der Waals surface area contributed by atoms with Crippen LogP contribution in [0.5, 0.6) is 0 Å². The van der Waals surface area contributed by atoms with Crippen LogP contribution in [-0.2, 0) is 11.3 Å². The average molecular weight is 329 g/mol. The third-order valence-electron chi connectivity index (χ3n) is 4.00. The molecule has 0 spiro atoms. The number of carboxylic acids is 1. The van der Waals surface area contributed by atoms with Gasteiger partial charge >= 0.3 is 5.97 Å². The van der Waals surface area contributed by atoms with E-state index in [2.05, 4.69) is 14.9 Å². The minimum atomic E-state index is -0.928. The number of carbonyl (C=O) groups is 1. The van der Waals surface area contributed by atoms with Crippen LogP contribution in [0.4, 0.5) is 0 Å². The topological polar surface area (TPSA) is 95.5 Å². The number of benzene rings is 1. The van der Waals surface area contributed by atoms with E-state index in [9.17, 15) is 14.7 Å². The molecule has 2 heterocycles. The van der Waals surface area contributed by atoms with E-state index in [0.29, 0.717) is 43.3 Å². The molecular formula is C17H19N3O4. The van der Waals surface area contributed by atoms with Gasteiger partial charge in [0.15, 0.2) is 0 Å². The summed E-state index contributed by atoms with van der Waals surface area (Å²) in [7, 11) is 0. The van der Waals surface area contributed by atoms with Gasteiger partial charge in [-0.25, -0.2) is 9.78 Å². The lowest BCUT2D eigenvalue weighted by Crippen LogP contribution is -2.38. The molecule has 0 saturated carbocycles. The molecule has 1 atom stereocenters. The van der Waals surface area contributed by atoms with Crippen molar-refractivity contribution in [3.63, 3.8) is 0 Å². The number of nitrogens with zero attached hydrogens (tertiary/aromatic N) is 2. The number of aromatic amines is 1. The highest BCUT2D eigenvalue weighted by molar-refractivity contribution is 5.89. The Balaban J connectivity index is 1.77. The van der Waals surface area contributed by atoms with Crippen molar-refractivity contribution >= 4 is 5.97 Å². The summed E-state index contributed by atoms with van der Waals surface area (Å²) >= 11 is 0. The monoisotopic (exact) mass is 329 g/mol. The second-order valence-electron chi connectivity index (χ2n) is 5.81. The number of hydrogen-bond acceptors (Lipinski definition) is 5. The summed E-state index contributed by atoms with van der Waals surface area (Å²) in [6.07, 6.45) is -0.295. The van der Waals surface area contributed by atoms with Crippen molar-refractivity contribution in [1.82, 2.24) is 14.9 Å². The fourth-order valence-corrected chi connectivity index (χ4v) is 2.90. The van der Waals surface area contributed by atoms with Crippen LogP contribution >= 0.6 is 0 Å². The summed E-state index contributed by atoms with van der Waals surface area (Å²) in [4.78, 5) is 32.0. The number of morpholine rings is 1. The van der Waals surface area contributed by atoms with Crippen molar-refractivity contribution < 1.29 is 14.6 Å². The molecule has 0 aliphatic carbocycles. The largest absolute Gasteiger partial charge is 0.478 e. The van der Waals surface area contributed by atoms with Crippen LogP contribution in [0.1, 0.15) is 33.5 Å². The maximum absolute atomic E-state index is 11.6. The van der Waals surface area contributed by atoms with Gasteiger partial charge in [-0.05, 0) is 18.6 Å². The summed E-state index contributed by atoms with van der Waals surface area (Å²) in [6.45, 7) is 4.02. The molecule has 2 aromatic rings. The smallest absolute Gasteiger partial charge is 0.336 e. The molecule has 1 saturated heterocycles. The molecule has 0 unspecified atom stereocenters. The number of ether oxygens (including phenoxy) is 1. The number of H-pyrrole nitrogens is 1. The van der Waals surface area contributed by atoms with E-state index in [1.807, 2.05) is 12.1 Å². The van der Waals surface area contributed by atoms with E-state index in [4.69, 9.17) is 4.74 Å². The summed E-state index contributed by atoms with van der Waals surface area (Å²) in [5.41, 5.74) is 1.48. The van der Waals surface area contributed by atoms with Crippen molar-refractivity contribution in [1.29, 1.82) is 0 Å². The third-order valence-corrected chi connectivity index (χ3v) is 4.00. The standard InChI is InChI=1S/C17H19N3O4/c1-11-18-14(8-16(21)19-11)15-10-20(6-7-24-15)9-12-4-2-3-5-13(12)17(22)23/h2-5,8,15H,6-7,9-10H2,1H3,(H,22,23)(H,18,19,21)/t15-/m0/s1. The summed E-state index contributed by atoms with van der Waals surface area (Å²) in [6, 6.07) is 8.44. The van der Waals surface area contributed by atoms with Crippen LogP contribution in [0.25, 0.3) is 0 Å². The molecule has 1 aliphatic rings. The lowest BCUT2D eigenvalue weighted by atomic mass is 10.1. The van der Waals surface area contributed by atoms with Crippen LogP contribution in [0.2, 0.25) is 0 Å². The second kappa shape index (κ2) is 6.94. The molecule has 7 nitrogen and oxygen atoms in total. The van der Waals surface area contributed by atoms with Gasteiger partial charge in [-0.2, -0.15) is 0 Å². The number of nitrogens with one attached hydrogen (secondary N) is 1. The Morgan fingerprint density at radius 2 is 2.25 bits per heavy atom.